The first-order chi connectivity index (χ1) is 8.83. The summed E-state index contributed by atoms with van der Waals surface area (Å²) in [5, 5.41) is 12.0. The molecule has 0 saturated heterocycles. The minimum absolute atomic E-state index is 0.665. The normalized spacial score (nSPS) is 9.56. The van der Waals surface area contributed by atoms with Gasteiger partial charge in [0.05, 0.1) is 18.7 Å². The number of anilines is 1. The van der Waals surface area contributed by atoms with Crippen LogP contribution in [0.1, 0.15) is 11.1 Å². The number of nitrogens with zero attached hydrogens (tertiary/aromatic N) is 1. The highest BCUT2D eigenvalue weighted by Gasteiger charge is 2.01. The summed E-state index contributed by atoms with van der Waals surface area (Å²) in [7, 11) is 1.67. The van der Waals surface area contributed by atoms with Crippen molar-refractivity contribution in [3.05, 3.63) is 59.7 Å². The third-order valence-electron chi connectivity index (χ3n) is 2.69. The second kappa shape index (κ2) is 5.74. The number of hydrogen-bond acceptors (Lipinski definition) is 3. The van der Waals surface area contributed by atoms with Gasteiger partial charge in [-0.05, 0) is 30.3 Å². The lowest BCUT2D eigenvalue weighted by molar-refractivity contribution is 0.410. The fourth-order valence-electron chi connectivity index (χ4n) is 1.71. The molecule has 1 N–H and O–H groups in total. The molecular formula is C15H14N2O. The summed E-state index contributed by atoms with van der Waals surface area (Å²) in [4.78, 5) is 0. The predicted octanol–water partition coefficient (Wildman–Crippen LogP) is 3.18. The first-order valence-corrected chi connectivity index (χ1v) is 5.69. The molecule has 18 heavy (non-hydrogen) atoms. The molecule has 2 aromatic carbocycles. The van der Waals surface area contributed by atoms with Crippen molar-refractivity contribution in [3.63, 3.8) is 0 Å². The van der Waals surface area contributed by atoms with E-state index in [9.17, 15) is 0 Å². The molecule has 0 aliphatic carbocycles. The molecule has 0 amide bonds. The van der Waals surface area contributed by atoms with Gasteiger partial charge in [-0.2, -0.15) is 5.26 Å². The van der Waals surface area contributed by atoms with Gasteiger partial charge in [0.15, 0.2) is 0 Å². The summed E-state index contributed by atoms with van der Waals surface area (Å²) < 4.78 is 5.29. The smallest absolute Gasteiger partial charge is 0.123 e. The molecule has 0 aliphatic heterocycles. The Labute approximate surface area is 107 Å². The van der Waals surface area contributed by atoms with Gasteiger partial charge in [0.1, 0.15) is 5.75 Å². The number of benzene rings is 2. The van der Waals surface area contributed by atoms with Gasteiger partial charge >= 0.3 is 0 Å². The maximum Gasteiger partial charge on any atom is 0.123 e. The molecule has 0 radical (unpaired) electrons. The van der Waals surface area contributed by atoms with Crippen LogP contribution < -0.4 is 10.1 Å². The molecule has 3 nitrogen and oxygen atoms in total. The van der Waals surface area contributed by atoms with Crippen molar-refractivity contribution in [1.82, 2.24) is 0 Å². The van der Waals surface area contributed by atoms with Crippen LogP contribution in [0, 0.1) is 11.3 Å². The van der Waals surface area contributed by atoms with E-state index in [0.717, 1.165) is 17.0 Å². The van der Waals surface area contributed by atoms with Crippen LogP contribution in [0.25, 0.3) is 0 Å². The molecule has 0 bridgehead atoms. The van der Waals surface area contributed by atoms with Crippen molar-refractivity contribution in [2.45, 2.75) is 6.54 Å². The van der Waals surface area contributed by atoms with E-state index in [1.54, 1.807) is 19.2 Å². The van der Waals surface area contributed by atoms with Crippen LogP contribution in [-0.4, -0.2) is 7.11 Å². The fraction of sp³-hybridized carbons (Fsp3) is 0.133. The predicted molar refractivity (Wildman–Crippen MR) is 71.5 cm³/mol. The average molecular weight is 238 g/mol. The zero-order valence-electron chi connectivity index (χ0n) is 10.2. The Morgan fingerprint density at radius 2 is 1.83 bits per heavy atom. The van der Waals surface area contributed by atoms with E-state index >= 15 is 0 Å². The Morgan fingerprint density at radius 3 is 2.50 bits per heavy atom. The van der Waals surface area contributed by atoms with E-state index in [2.05, 4.69) is 11.4 Å². The molecule has 3 heteroatoms. The van der Waals surface area contributed by atoms with Crippen LogP contribution in [-0.2, 0) is 6.54 Å². The molecule has 0 saturated carbocycles. The Kier molecular flexibility index (Phi) is 3.83. The van der Waals surface area contributed by atoms with E-state index in [1.165, 1.54) is 0 Å². The molecule has 90 valence electrons. The molecule has 0 aromatic heterocycles. The van der Waals surface area contributed by atoms with E-state index in [0.29, 0.717) is 12.1 Å². The SMILES string of the molecule is COc1ccccc1CNc1ccc(C#N)cc1. The summed E-state index contributed by atoms with van der Waals surface area (Å²) in [6.45, 7) is 0.690. The fourth-order valence-corrected chi connectivity index (χ4v) is 1.71. The van der Waals surface area contributed by atoms with E-state index < -0.39 is 0 Å². The van der Waals surface area contributed by atoms with Gasteiger partial charge in [0, 0.05) is 17.8 Å². The van der Waals surface area contributed by atoms with Gasteiger partial charge in [0.2, 0.25) is 0 Å². The van der Waals surface area contributed by atoms with Gasteiger partial charge in [-0.25, -0.2) is 0 Å². The number of nitriles is 1. The largest absolute Gasteiger partial charge is 0.496 e. The monoisotopic (exact) mass is 238 g/mol. The molecule has 0 spiro atoms. The van der Waals surface area contributed by atoms with Crippen molar-refractivity contribution in [1.29, 1.82) is 5.26 Å². The minimum atomic E-state index is 0.665. The number of methoxy groups -OCH3 is 1. The van der Waals surface area contributed by atoms with Crippen molar-refractivity contribution >= 4 is 5.69 Å². The highest BCUT2D eigenvalue weighted by molar-refractivity contribution is 5.48. The quantitative estimate of drug-likeness (QED) is 0.889. The lowest BCUT2D eigenvalue weighted by atomic mass is 10.2. The molecule has 0 fully saturated rings. The van der Waals surface area contributed by atoms with Crippen LogP contribution in [0.15, 0.2) is 48.5 Å². The van der Waals surface area contributed by atoms with Gasteiger partial charge in [-0.1, -0.05) is 18.2 Å². The van der Waals surface area contributed by atoms with Gasteiger partial charge in [0.25, 0.3) is 0 Å². The molecule has 0 heterocycles. The summed E-state index contributed by atoms with van der Waals surface area (Å²) >= 11 is 0. The number of para-hydroxylation sites is 1. The standard InChI is InChI=1S/C15H14N2O/c1-18-15-5-3-2-4-13(15)11-17-14-8-6-12(10-16)7-9-14/h2-9,17H,11H2,1H3. The summed E-state index contributed by atoms with van der Waals surface area (Å²) in [5.41, 5.74) is 2.75. The van der Waals surface area contributed by atoms with Crippen LogP contribution in [0.4, 0.5) is 5.69 Å². The first-order valence-electron chi connectivity index (χ1n) is 5.69. The molecule has 2 rings (SSSR count). The molecule has 0 atom stereocenters. The molecular weight excluding hydrogens is 224 g/mol. The van der Waals surface area contributed by atoms with Crippen LogP contribution in [0.3, 0.4) is 0 Å². The Morgan fingerprint density at radius 1 is 1.11 bits per heavy atom. The van der Waals surface area contributed by atoms with Crippen molar-refractivity contribution < 1.29 is 4.74 Å². The highest BCUT2D eigenvalue weighted by atomic mass is 16.5. The third kappa shape index (κ3) is 2.80. The van der Waals surface area contributed by atoms with Crippen LogP contribution in [0.2, 0.25) is 0 Å². The summed E-state index contributed by atoms with van der Waals surface area (Å²) in [6, 6.07) is 17.4. The zero-order valence-corrected chi connectivity index (χ0v) is 10.2. The van der Waals surface area contributed by atoms with Gasteiger partial charge in [-0.15, -0.1) is 0 Å². The van der Waals surface area contributed by atoms with Gasteiger partial charge < -0.3 is 10.1 Å². The zero-order chi connectivity index (χ0) is 12.8. The maximum atomic E-state index is 8.72. The van der Waals surface area contributed by atoms with Crippen LogP contribution >= 0.6 is 0 Å². The summed E-state index contributed by atoms with van der Waals surface area (Å²) in [5.74, 6) is 0.874. The second-order valence-electron chi connectivity index (χ2n) is 3.85. The minimum Gasteiger partial charge on any atom is -0.496 e. The van der Waals surface area contributed by atoms with E-state index in [-0.39, 0.29) is 0 Å². The molecule has 0 aliphatic rings. The first kappa shape index (κ1) is 12.0. The highest BCUT2D eigenvalue weighted by Crippen LogP contribution is 2.19. The molecule has 2 aromatic rings. The Bertz CT molecular complexity index is 555. The Hall–Kier alpha value is -2.47. The Balaban J connectivity index is 2.04. The van der Waals surface area contributed by atoms with Gasteiger partial charge in [-0.3, -0.25) is 0 Å². The summed E-state index contributed by atoms with van der Waals surface area (Å²) in [6.07, 6.45) is 0. The number of hydrogen-bond donors (Lipinski definition) is 1. The molecule has 0 unspecified atom stereocenters. The van der Waals surface area contributed by atoms with E-state index in [1.807, 2.05) is 36.4 Å². The maximum absolute atomic E-state index is 8.72. The average Bonchev–Trinajstić information content (AvgIpc) is 2.46. The second-order valence-corrected chi connectivity index (χ2v) is 3.85. The van der Waals surface area contributed by atoms with Crippen molar-refractivity contribution in [2.75, 3.05) is 12.4 Å². The van der Waals surface area contributed by atoms with Crippen molar-refractivity contribution in [3.8, 4) is 11.8 Å². The third-order valence-corrected chi connectivity index (χ3v) is 2.69. The lowest BCUT2D eigenvalue weighted by Crippen LogP contribution is -2.01. The number of rotatable bonds is 4. The number of nitrogens with one attached hydrogen (secondary N) is 1. The topological polar surface area (TPSA) is 45.0 Å². The number of ether oxygens (including phenoxy) is 1. The lowest BCUT2D eigenvalue weighted by Gasteiger charge is -2.10. The van der Waals surface area contributed by atoms with Crippen LogP contribution in [0.5, 0.6) is 5.75 Å². The van der Waals surface area contributed by atoms with Crippen molar-refractivity contribution in [2.24, 2.45) is 0 Å². The van der Waals surface area contributed by atoms with E-state index in [4.69, 9.17) is 10.00 Å².